The van der Waals surface area contributed by atoms with Crippen molar-refractivity contribution in [1.29, 1.82) is 0 Å². The molecular weight excluding hydrogens is 411 g/mol. The highest BCUT2D eigenvalue weighted by Gasteiger charge is 2.46. The van der Waals surface area contributed by atoms with Gasteiger partial charge in [0.15, 0.2) is 0 Å². The summed E-state index contributed by atoms with van der Waals surface area (Å²) >= 11 is 6.12. The van der Waals surface area contributed by atoms with E-state index in [-0.39, 0.29) is 23.7 Å². The van der Waals surface area contributed by atoms with Gasteiger partial charge in [-0.25, -0.2) is 9.78 Å². The van der Waals surface area contributed by atoms with Gasteiger partial charge in [0.25, 0.3) is 0 Å². The normalized spacial score (nSPS) is 17.7. The van der Waals surface area contributed by atoms with Gasteiger partial charge in [0.2, 0.25) is 0 Å². The Hall–Kier alpha value is -1.84. The molecule has 1 aromatic rings. The van der Waals surface area contributed by atoms with E-state index in [4.69, 9.17) is 21.1 Å². The molecule has 162 valence electrons. The quantitative estimate of drug-likeness (QED) is 0.509. The molecule has 1 aromatic heterocycles. The van der Waals surface area contributed by atoms with Crippen LogP contribution in [0.3, 0.4) is 0 Å². The molecule has 1 aliphatic heterocycles. The Morgan fingerprint density at radius 1 is 1.24 bits per heavy atom. The number of hydrogen-bond acceptors (Lipinski definition) is 6. The lowest BCUT2D eigenvalue weighted by atomic mass is 9.89. The zero-order valence-corrected chi connectivity index (χ0v) is 17.7. The summed E-state index contributed by atoms with van der Waals surface area (Å²) in [6.45, 7) is 7.44. The molecule has 1 unspecified atom stereocenters. The van der Waals surface area contributed by atoms with Crippen LogP contribution in [-0.2, 0) is 9.47 Å². The fourth-order valence-corrected chi connectivity index (χ4v) is 2.48. The van der Waals surface area contributed by atoms with Crippen LogP contribution in [0.2, 0.25) is 5.15 Å². The Bertz CT molecular complexity index is 776. The minimum absolute atomic E-state index is 0.0248. The number of anilines is 1. The van der Waals surface area contributed by atoms with E-state index in [2.05, 4.69) is 10.4 Å². The van der Waals surface area contributed by atoms with E-state index in [1.54, 1.807) is 39.1 Å². The second kappa shape index (κ2) is 8.49. The van der Waals surface area contributed by atoms with Crippen molar-refractivity contribution in [1.82, 2.24) is 10.4 Å². The number of nitrogens with zero attached hydrogens (tertiary/aromatic N) is 2. The van der Waals surface area contributed by atoms with Crippen molar-refractivity contribution in [3.8, 4) is 0 Å². The standard InChI is InChI=1S/C19H25ClF3N3O3/c1-17(2,3)29-16(27)12-6-7-13(24-15(12)20)26-10-8-14(25-26)28-11-9-18(4,5)19(21,22)23/h6-8,10,14,25H,9,11H2,1-5H3. The third-order valence-corrected chi connectivity index (χ3v) is 4.46. The van der Waals surface area contributed by atoms with E-state index in [1.165, 1.54) is 11.1 Å². The maximum absolute atomic E-state index is 12.9. The Labute approximate surface area is 173 Å². The van der Waals surface area contributed by atoms with E-state index < -0.39 is 29.4 Å². The molecule has 10 heteroatoms. The Kier molecular flexibility index (Phi) is 6.86. The molecule has 0 aromatic carbocycles. The molecule has 1 aliphatic rings. The zero-order valence-electron chi connectivity index (χ0n) is 16.9. The minimum atomic E-state index is -4.29. The number of aromatic nitrogens is 1. The third kappa shape index (κ3) is 6.32. The van der Waals surface area contributed by atoms with E-state index in [1.807, 2.05) is 0 Å². The first-order valence-electron chi connectivity index (χ1n) is 9.01. The van der Waals surface area contributed by atoms with Gasteiger partial charge in [-0.2, -0.15) is 18.6 Å². The molecule has 0 fully saturated rings. The molecular formula is C19H25ClF3N3O3. The van der Waals surface area contributed by atoms with Gasteiger partial charge in [0, 0.05) is 12.8 Å². The van der Waals surface area contributed by atoms with Gasteiger partial charge in [-0.3, -0.25) is 5.01 Å². The first-order valence-corrected chi connectivity index (χ1v) is 9.39. The molecule has 2 heterocycles. The topological polar surface area (TPSA) is 63.7 Å². The average Bonchev–Trinajstić information content (AvgIpc) is 3.00. The van der Waals surface area contributed by atoms with Crippen LogP contribution in [0.4, 0.5) is 19.0 Å². The first kappa shape index (κ1) is 23.4. The van der Waals surface area contributed by atoms with Gasteiger partial charge in [0.1, 0.15) is 22.8 Å². The predicted molar refractivity (Wildman–Crippen MR) is 103 cm³/mol. The van der Waals surface area contributed by atoms with Gasteiger partial charge < -0.3 is 9.47 Å². The van der Waals surface area contributed by atoms with Crippen LogP contribution in [0.1, 0.15) is 51.4 Å². The number of esters is 1. The van der Waals surface area contributed by atoms with Crippen molar-refractivity contribution in [3.05, 3.63) is 35.1 Å². The molecule has 2 rings (SSSR count). The number of halogens is 4. The second-order valence-corrected chi connectivity index (χ2v) is 8.63. The summed E-state index contributed by atoms with van der Waals surface area (Å²) in [6.07, 6.45) is -1.82. The lowest BCUT2D eigenvalue weighted by molar-refractivity contribution is -0.217. The summed E-state index contributed by atoms with van der Waals surface area (Å²) in [7, 11) is 0. The number of nitrogens with one attached hydrogen (secondary N) is 1. The van der Waals surface area contributed by atoms with E-state index in [0.29, 0.717) is 5.82 Å². The van der Waals surface area contributed by atoms with Gasteiger partial charge in [-0.05, 0) is 45.4 Å². The number of carbonyl (C=O) groups is 1. The van der Waals surface area contributed by atoms with Crippen LogP contribution in [0.25, 0.3) is 0 Å². The van der Waals surface area contributed by atoms with Crippen LogP contribution >= 0.6 is 11.6 Å². The largest absolute Gasteiger partial charge is 0.456 e. The summed E-state index contributed by atoms with van der Waals surface area (Å²) in [6, 6.07) is 3.06. The lowest BCUT2D eigenvalue weighted by Crippen LogP contribution is -2.39. The van der Waals surface area contributed by atoms with Crippen molar-refractivity contribution in [2.24, 2.45) is 5.41 Å². The van der Waals surface area contributed by atoms with Crippen molar-refractivity contribution >= 4 is 23.4 Å². The number of ether oxygens (including phenoxy) is 2. The molecule has 1 atom stereocenters. The molecule has 0 radical (unpaired) electrons. The van der Waals surface area contributed by atoms with Crippen molar-refractivity contribution in [3.63, 3.8) is 0 Å². The summed E-state index contributed by atoms with van der Waals surface area (Å²) in [5, 5.41) is 1.48. The Morgan fingerprint density at radius 2 is 1.90 bits per heavy atom. The molecule has 0 aliphatic carbocycles. The second-order valence-electron chi connectivity index (χ2n) is 8.27. The molecule has 1 N–H and O–H groups in total. The van der Waals surface area contributed by atoms with Crippen LogP contribution in [0, 0.1) is 5.41 Å². The minimum Gasteiger partial charge on any atom is -0.456 e. The fourth-order valence-electron chi connectivity index (χ4n) is 2.25. The Morgan fingerprint density at radius 3 is 2.45 bits per heavy atom. The van der Waals surface area contributed by atoms with E-state index in [0.717, 1.165) is 13.8 Å². The predicted octanol–water partition coefficient (Wildman–Crippen LogP) is 4.85. The number of hydrogen-bond donors (Lipinski definition) is 1. The SMILES string of the molecule is CC(C)(C)OC(=O)c1ccc(N2C=CC(OCCC(C)(C)C(F)(F)F)N2)nc1Cl. The molecule has 6 nitrogen and oxygen atoms in total. The van der Waals surface area contributed by atoms with Crippen LogP contribution in [0.15, 0.2) is 24.4 Å². The lowest BCUT2D eigenvalue weighted by Gasteiger charge is -2.28. The number of alkyl halides is 3. The van der Waals surface area contributed by atoms with Gasteiger partial charge in [-0.1, -0.05) is 25.4 Å². The monoisotopic (exact) mass is 435 g/mol. The highest BCUT2D eigenvalue weighted by Crippen LogP contribution is 2.40. The molecule has 0 amide bonds. The molecule has 0 spiro atoms. The van der Waals surface area contributed by atoms with Crippen molar-refractivity contribution in [2.75, 3.05) is 11.6 Å². The number of hydrazine groups is 1. The van der Waals surface area contributed by atoms with Crippen LogP contribution in [0.5, 0.6) is 0 Å². The molecule has 29 heavy (non-hydrogen) atoms. The van der Waals surface area contributed by atoms with E-state index >= 15 is 0 Å². The first-order chi connectivity index (χ1) is 13.2. The van der Waals surface area contributed by atoms with Gasteiger partial charge in [0.05, 0.1) is 11.0 Å². The number of rotatable bonds is 6. The zero-order chi connectivity index (χ0) is 22.0. The summed E-state index contributed by atoms with van der Waals surface area (Å²) < 4.78 is 49.4. The number of carbonyl (C=O) groups excluding carboxylic acids is 1. The maximum Gasteiger partial charge on any atom is 0.394 e. The van der Waals surface area contributed by atoms with Crippen molar-refractivity contribution < 1.29 is 27.4 Å². The smallest absolute Gasteiger partial charge is 0.394 e. The van der Waals surface area contributed by atoms with Crippen LogP contribution in [-0.4, -0.2) is 35.6 Å². The Balaban J connectivity index is 1.93. The third-order valence-electron chi connectivity index (χ3n) is 4.17. The number of pyridine rings is 1. The van der Waals surface area contributed by atoms with E-state index in [9.17, 15) is 18.0 Å². The highest BCUT2D eigenvalue weighted by molar-refractivity contribution is 6.32. The molecule has 0 saturated carbocycles. The molecule has 0 bridgehead atoms. The summed E-state index contributed by atoms with van der Waals surface area (Å²) in [4.78, 5) is 16.3. The van der Waals surface area contributed by atoms with Crippen molar-refractivity contribution in [2.45, 2.75) is 59.0 Å². The highest BCUT2D eigenvalue weighted by atomic mass is 35.5. The summed E-state index contributed by atoms with van der Waals surface area (Å²) in [5.41, 5.74) is 0.568. The van der Waals surface area contributed by atoms with Gasteiger partial charge >= 0.3 is 12.1 Å². The fraction of sp³-hybridized carbons (Fsp3) is 0.579. The maximum atomic E-state index is 12.9. The van der Waals surface area contributed by atoms with Gasteiger partial charge in [-0.15, -0.1) is 0 Å². The van der Waals surface area contributed by atoms with Crippen LogP contribution < -0.4 is 10.4 Å². The average molecular weight is 436 g/mol. The summed E-state index contributed by atoms with van der Waals surface area (Å²) in [5.74, 6) is -0.194. The molecule has 0 saturated heterocycles.